The van der Waals surface area contributed by atoms with Crippen molar-refractivity contribution < 1.29 is 4.39 Å². The molecule has 0 aliphatic rings. The Morgan fingerprint density at radius 3 is 2.76 bits per heavy atom. The van der Waals surface area contributed by atoms with Crippen LogP contribution < -0.4 is 5.32 Å². The van der Waals surface area contributed by atoms with Crippen LogP contribution in [-0.2, 0) is 5.41 Å². The number of hydrogen-bond acceptors (Lipinski definition) is 4. The van der Waals surface area contributed by atoms with Crippen molar-refractivity contribution in [3.8, 4) is 6.07 Å². The van der Waals surface area contributed by atoms with Crippen LogP contribution in [0.3, 0.4) is 0 Å². The Balaban J connectivity index is 2.15. The van der Waals surface area contributed by atoms with E-state index in [-0.39, 0.29) is 11.2 Å². The Kier molecular flexibility index (Phi) is 4.39. The minimum atomic E-state index is -0.359. The fraction of sp³-hybridized carbons (Fsp3) is 0.267. The summed E-state index contributed by atoms with van der Waals surface area (Å²) in [6.45, 7) is 4.51. The van der Waals surface area contributed by atoms with E-state index in [1.54, 1.807) is 12.1 Å². The van der Waals surface area contributed by atoms with Gasteiger partial charge in [0.2, 0.25) is 0 Å². The minimum Gasteiger partial charge on any atom is -0.369 e. The molecule has 2 aromatic rings. The maximum absolute atomic E-state index is 13.1. The molecule has 0 unspecified atom stereocenters. The minimum absolute atomic E-state index is 0.296. The first kappa shape index (κ1) is 15.2. The van der Waals surface area contributed by atoms with Crippen LogP contribution in [0.2, 0.25) is 5.02 Å². The molecular formula is C15H14ClFN4. The molecule has 0 aliphatic heterocycles. The number of nitrogens with one attached hydrogen (secondary N) is 1. The van der Waals surface area contributed by atoms with Gasteiger partial charge in [0.05, 0.1) is 0 Å². The van der Waals surface area contributed by atoms with Gasteiger partial charge in [-0.05, 0) is 17.7 Å². The molecule has 1 aromatic carbocycles. The Labute approximate surface area is 127 Å². The topological polar surface area (TPSA) is 61.6 Å². The number of hydrogen-bond donors (Lipinski definition) is 1. The van der Waals surface area contributed by atoms with E-state index < -0.39 is 0 Å². The average Bonchev–Trinajstić information content (AvgIpc) is 2.45. The molecule has 6 heteroatoms. The fourth-order valence-corrected chi connectivity index (χ4v) is 2.38. The lowest BCUT2D eigenvalue weighted by Crippen LogP contribution is -2.28. The zero-order chi connectivity index (χ0) is 15.5. The van der Waals surface area contributed by atoms with E-state index in [4.69, 9.17) is 16.9 Å². The highest BCUT2D eigenvalue weighted by molar-refractivity contribution is 6.31. The van der Waals surface area contributed by atoms with Crippen molar-refractivity contribution in [2.45, 2.75) is 19.3 Å². The van der Waals surface area contributed by atoms with Crippen LogP contribution in [0.4, 0.5) is 10.2 Å². The van der Waals surface area contributed by atoms with Crippen molar-refractivity contribution in [2.24, 2.45) is 0 Å². The molecule has 2 rings (SSSR count). The number of halogens is 2. The second kappa shape index (κ2) is 6.06. The first-order valence-corrected chi connectivity index (χ1v) is 6.72. The second-order valence-electron chi connectivity index (χ2n) is 5.26. The van der Waals surface area contributed by atoms with E-state index >= 15 is 0 Å². The standard InChI is InChI=1S/C15H14ClFN4/c1-15(2,12-4-3-10(17)5-13(12)16)8-19-14-6-11(7-18)20-9-21-14/h3-6,9H,8H2,1-2H3,(H,19,20,21). The van der Waals surface area contributed by atoms with Crippen molar-refractivity contribution >= 4 is 17.4 Å². The molecule has 0 radical (unpaired) electrons. The molecule has 0 aliphatic carbocycles. The van der Waals surface area contributed by atoms with Crippen molar-refractivity contribution in [1.29, 1.82) is 5.26 Å². The van der Waals surface area contributed by atoms with E-state index in [1.165, 1.54) is 18.5 Å². The molecular weight excluding hydrogens is 291 g/mol. The summed E-state index contributed by atoms with van der Waals surface area (Å²) in [6, 6.07) is 7.90. The van der Waals surface area contributed by atoms with E-state index in [0.29, 0.717) is 23.1 Å². The predicted molar refractivity (Wildman–Crippen MR) is 79.7 cm³/mol. The molecule has 21 heavy (non-hydrogen) atoms. The molecule has 0 spiro atoms. The van der Waals surface area contributed by atoms with Gasteiger partial charge in [0.1, 0.15) is 29.7 Å². The number of anilines is 1. The molecule has 1 aromatic heterocycles. The van der Waals surface area contributed by atoms with Crippen LogP contribution in [0, 0.1) is 17.1 Å². The van der Waals surface area contributed by atoms with Gasteiger partial charge in [-0.2, -0.15) is 5.26 Å². The van der Waals surface area contributed by atoms with Crippen LogP contribution in [-0.4, -0.2) is 16.5 Å². The first-order chi connectivity index (χ1) is 9.92. The first-order valence-electron chi connectivity index (χ1n) is 6.34. The molecule has 0 saturated heterocycles. The molecule has 108 valence electrons. The smallest absolute Gasteiger partial charge is 0.145 e. The van der Waals surface area contributed by atoms with Crippen LogP contribution in [0.5, 0.6) is 0 Å². The Bertz CT molecular complexity index is 694. The van der Waals surface area contributed by atoms with Crippen molar-refractivity contribution in [3.63, 3.8) is 0 Å². The monoisotopic (exact) mass is 304 g/mol. The largest absolute Gasteiger partial charge is 0.369 e. The summed E-state index contributed by atoms with van der Waals surface area (Å²) in [5, 5.41) is 12.3. The van der Waals surface area contributed by atoms with E-state index in [0.717, 1.165) is 5.56 Å². The second-order valence-corrected chi connectivity index (χ2v) is 5.67. The summed E-state index contributed by atoms with van der Waals surface area (Å²) in [5.74, 6) is 0.204. The van der Waals surface area contributed by atoms with Gasteiger partial charge >= 0.3 is 0 Å². The summed E-state index contributed by atoms with van der Waals surface area (Å²) in [5.41, 5.74) is 0.806. The third-order valence-electron chi connectivity index (χ3n) is 3.15. The van der Waals surface area contributed by atoms with Crippen LogP contribution in [0.1, 0.15) is 25.1 Å². The van der Waals surface area contributed by atoms with Crippen LogP contribution in [0.15, 0.2) is 30.6 Å². The predicted octanol–water partition coefficient (Wildman–Crippen LogP) is 3.53. The normalized spacial score (nSPS) is 11.0. The van der Waals surface area contributed by atoms with Crippen molar-refractivity contribution in [2.75, 3.05) is 11.9 Å². The lowest BCUT2D eigenvalue weighted by Gasteiger charge is -2.27. The van der Waals surface area contributed by atoms with Crippen LogP contribution in [0.25, 0.3) is 0 Å². The summed E-state index contributed by atoms with van der Waals surface area (Å²) in [7, 11) is 0. The maximum Gasteiger partial charge on any atom is 0.145 e. The third kappa shape index (κ3) is 3.67. The van der Waals surface area contributed by atoms with Gasteiger partial charge < -0.3 is 5.32 Å². The zero-order valence-electron chi connectivity index (χ0n) is 11.7. The lowest BCUT2D eigenvalue weighted by molar-refractivity contribution is 0.552. The average molecular weight is 305 g/mol. The third-order valence-corrected chi connectivity index (χ3v) is 3.47. The summed E-state index contributed by atoms with van der Waals surface area (Å²) in [6.07, 6.45) is 1.33. The van der Waals surface area contributed by atoms with Gasteiger partial charge in [-0.3, -0.25) is 0 Å². The molecule has 1 N–H and O–H groups in total. The van der Waals surface area contributed by atoms with Gasteiger partial charge in [0.15, 0.2) is 0 Å². The highest BCUT2D eigenvalue weighted by atomic mass is 35.5. The Morgan fingerprint density at radius 1 is 1.33 bits per heavy atom. The zero-order valence-corrected chi connectivity index (χ0v) is 12.4. The number of rotatable bonds is 4. The van der Waals surface area contributed by atoms with E-state index in [9.17, 15) is 4.39 Å². The molecule has 0 saturated carbocycles. The highest BCUT2D eigenvalue weighted by Gasteiger charge is 2.23. The SMILES string of the molecule is CC(C)(CNc1cc(C#N)ncn1)c1ccc(F)cc1Cl. The molecule has 0 fully saturated rings. The molecule has 4 nitrogen and oxygen atoms in total. The summed E-state index contributed by atoms with van der Waals surface area (Å²) < 4.78 is 13.1. The van der Waals surface area contributed by atoms with Crippen molar-refractivity contribution in [1.82, 2.24) is 9.97 Å². The van der Waals surface area contributed by atoms with Gasteiger partial charge in [-0.25, -0.2) is 14.4 Å². The quantitative estimate of drug-likeness (QED) is 0.938. The highest BCUT2D eigenvalue weighted by Crippen LogP contribution is 2.30. The Morgan fingerprint density at radius 2 is 2.10 bits per heavy atom. The van der Waals surface area contributed by atoms with E-state index in [2.05, 4.69) is 15.3 Å². The molecule has 0 atom stereocenters. The summed E-state index contributed by atoms with van der Waals surface area (Å²) in [4.78, 5) is 7.86. The van der Waals surface area contributed by atoms with Gasteiger partial charge in [0, 0.05) is 23.0 Å². The maximum atomic E-state index is 13.1. The van der Waals surface area contributed by atoms with Gasteiger partial charge in [0.25, 0.3) is 0 Å². The Hall–Kier alpha value is -2.19. The number of nitriles is 1. The van der Waals surface area contributed by atoms with Crippen molar-refractivity contribution in [3.05, 3.63) is 52.7 Å². The lowest BCUT2D eigenvalue weighted by atomic mass is 9.84. The number of nitrogens with zero attached hydrogens (tertiary/aromatic N) is 3. The molecule has 0 bridgehead atoms. The number of benzene rings is 1. The molecule has 0 amide bonds. The van der Waals surface area contributed by atoms with E-state index in [1.807, 2.05) is 19.9 Å². The molecule has 1 heterocycles. The number of aromatic nitrogens is 2. The van der Waals surface area contributed by atoms with Gasteiger partial charge in [-0.1, -0.05) is 31.5 Å². The van der Waals surface area contributed by atoms with Gasteiger partial charge in [-0.15, -0.1) is 0 Å². The van der Waals surface area contributed by atoms with Crippen LogP contribution >= 0.6 is 11.6 Å². The summed E-state index contributed by atoms with van der Waals surface area (Å²) >= 11 is 6.11. The fourth-order valence-electron chi connectivity index (χ4n) is 1.96.